The first-order chi connectivity index (χ1) is 10.6. The summed E-state index contributed by atoms with van der Waals surface area (Å²) in [5.41, 5.74) is 5.58. The summed E-state index contributed by atoms with van der Waals surface area (Å²) in [7, 11) is 0. The van der Waals surface area contributed by atoms with Crippen molar-refractivity contribution in [2.24, 2.45) is 0 Å². The van der Waals surface area contributed by atoms with Gasteiger partial charge in [-0.3, -0.25) is 0 Å². The van der Waals surface area contributed by atoms with Crippen molar-refractivity contribution >= 4 is 34.5 Å². The maximum Gasteiger partial charge on any atom is 0.136 e. The van der Waals surface area contributed by atoms with Gasteiger partial charge in [0.15, 0.2) is 0 Å². The van der Waals surface area contributed by atoms with Crippen LogP contribution >= 0.6 is 11.8 Å². The summed E-state index contributed by atoms with van der Waals surface area (Å²) >= 11 is 0.578. The Balaban J connectivity index is 2.35. The second kappa shape index (κ2) is 6.97. The minimum absolute atomic E-state index is 0.0143. The van der Waals surface area contributed by atoms with Crippen LogP contribution in [0.25, 0.3) is 0 Å². The van der Waals surface area contributed by atoms with Gasteiger partial charge in [-0.1, -0.05) is 6.07 Å². The predicted molar refractivity (Wildman–Crippen MR) is 104 cm³/mol. The van der Waals surface area contributed by atoms with Crippen LogP contribution in [-0.4, -0.2) is 15.6 Å². The highest BCUT2D eigenvalue weighted by atomic mass is 32.2. The molecule has 0 saturated heterocycles. The number of thioether (sulfide) groups is 1. The lowest BCUT2D eigenvalue weighted by Crippen LogP contribution is -2.40. The third kappa shape index (κ3) is 4.18. The van der Waals surface area contributed by atoms with E-state index in [-0.39, 0.29) is 10.8 Å². The highest BCUT2D eigenvalue weighted by molar-refractivity contribution is 8.02. The fourth-order valence-corrected chi connectivity index (χ4v) is 3.83. The van der Waals surface area contributed by atoms with Crippen LogP contribution in [0.5, 0.6) is 0 Å². The summed E-state index contributed by atoms with van der Waals surface area (Å²) in [5, 5.41) is 8.12. The van der Waals surface area contributed by atoms with Gasteiger partial charge in [-0.25, -0.2) is 0 Å². The second-order valence-electron chi connectivity index (χ2n) is 6.91. The number of hydrogen-bond acceptors (Lipinski definition) is 5. The van der Waals surface area contributed by atoms with Gasteiger partial charge in [-0.05, 0) is 65.0 Å². The Morgan fingerprint density at radius 2 is 1.87 bits per heavy atom. The van der Waals surface area contributed by atoms with E-state index in [1.165, 1.54) is 5.56 Å². The van der Waals surface area contributed by atoms with E-state index in [9.17, 15) is 4.55 Å². The minimum atomic E-state index is -1.11. The standard InChI is InChI=1S/C17H27N3OS2/c1-10-8-13(11(2)20-23(21)17(4,5)6)15-14(9-10)18-12(3)16(19-15)22-7/h8-9,11,18-20H,1-7H3/t11-,23?/m1/s1. The molecule has 0 bridgehead atoms. The Hall–Kier alpha value is -0.820. The molecule has 1 aliphatic heterocycles. The van der Waals surface area contributed by atoms with Gasteiger partial charge in [0.05, 0.1) is 22.4 Å². The van der Waals surface area contributed by atoms with Crippen LogP contribution in [-0.2, 0) is 11.4 Å². The van der Waals surface area contributed by atoms with Crippen molar-refractivity contribution in [1.29, 1.82) is 0 Å². The number of nitrogens with one attached hydrogen (secondary N) is 3. The van der Waals surface area contributed by atoms with Crippen LogP contribution in [0, 0.1) is 6.92 Å². The number of rotatable bonds is 4. The molecule has 0 aliphatic carbocycles. The average Bonchev–Trinajstić information content (AvgIpc) is 2.44. The Kier molecular flexibility index (Phi) is 5.61. The van der Waals surface area contributed by atoms with Gasteiger partial charge in [0.2, 0.25) is 0 Å². The molecule has 1 unspecified atom stereocenters. The zero-order chi connectivity index (χ0) is 17.4. The van der Waals surface area contributed by atoms with Crippen LogP contribution < -0.4 is 15.4 Å². The van der Waals surface area contributed by atoms with Gasteiger partial charge in [0, 0.05) is 17.1 Å². The molecule has 2 rings (SSSR count). The summed E-state index contributed by atoms with van der Waals surface area (Å²) < 4.78 is 15.4. The van der Waals surface area contributed by atoms with Gasteiger partial charge in [-0.2, -0.15) is 0 Å². The zero-order valence-electron chi connectivity index (χ0n) is 15.0. The molecule has 2 atom stereocenters. The van der Waals surface area contributed by atoms with Crippen molar-refractivity contribution in [3.63, 3.8) is 0 Å². The minimum Gasteiger partial charge on any atom is -0.598 e. The fraction of sp³-hybridized carbons (Fsp3) is 0.529. The van der Waals surface area contributed by atoms with Gasteiger partial charge in [0.25, 0.3) is 0 Å². The van der Waals surface area contributed by atoms with E-state index in [1.807, 2.05) is 20.8 Å². The summed E-state index contributed by atoms with van der Waals surface area (Å²) in [6.07, 6.45) is 2.06. The second-order valence-corrected chi connectivity index (χ2v) is 9.72. The summed E-state index contributed by atoms with van der Waals surface area (Å²) in [5.74, 6) is 0. The molecule has 3 N–H and O–H groups in total. The van der Waals surface area contributed by atoms with Crippen LogP contribution in [0.3, 0.4) is 0 Å². The lowest BCUT2D eigenvalue weighted by atomic mass is 10.0. The van der Waals surface area contributed by atoms with E-state index in [2.05, 4.69) is 54.5 Å². The fourth-order valence-electron chi connectivity index (χ4n) is 2.47. The molecular weight excluding hydrogens is 326 g/mol. The lowest BCUT2D eigenvalue weighted by molar-refractivity contribution is 0.531. The third-order valence-electron chi connectivity index (χ3n) is 3.73. The van der Waals surface area contributed by atoms with E-state index < -0.39 is 11.4 Å². The van der Waals surface area contributed by atoms with E-state index in [0.717, 1.165) is 27.7 Å². The molecule has 0 aromatic heterocycles. The number of anilines is 2. The Labute approximate surface area is 147 Å². The van der Waals surface area contributed by atoms with Crippen LogP contribution in [0.2, 0.25) is 0 Å². The largest absolute Gasteiger partial charge is 0.598 e. The number of hydrogen-bond donors (Lipinski definition) is 3. The van der Waals surface area contributed by atoms with Crippen molar-refractivity contribution < 1.29 is 4.55 Å². The average molecular weight is 354 g/mol. The molecule has 1 aliphatic rings. The van der Waals surface area contributed by atoms with Crippen molar-refractivity contribution in [3.8, 4) is 0 Å². The maximum absolute atomic E-state index is 12.4. The predicted octanol–water partition coefficient (Wildman–Crippen LogP) is 4.50. The Morgan fingerprint density at radius 1 is 1.22 bits per heavy atom. The SMILES string of the molecule is CSC1=C(C)Nc2cc(C)cc([C@@H](C)N[S+]([O-])C(C)(C)C)c2N1. The molecule has 0 fully saturated rings. The van der Waals surface area contributed by atoms with Gasteiger partial charge < -0.3 is 15.2 Å². The number of benzene rings is 1. The quantitative estimate of drug-likeness (QED) is 0.696. The van der Waals surface area contributed by atoms with Crippen LogP contribution in [0.15, 0.2) is 22.9 Å². The topological polar surface area (TPSA) is 59.1 Å². The molecule has 0 amide bonds. The molecule has 23 heavy (non-hydrogen) atoms. The monoisotopic (exact) mass is 353 g/mol. The first kappa shape index (κ1) is 18.5. The molecule has 0 radical (unpaired) electrons. The maximum atomic E-state index is 12.4. The summed E-state index contributed by atoms with van der Waals surface area (Å²) in [6, 6.07) is 4.28. The molecule has 1 heterocycles. The van der Waals surface area contributed by atoms with Gasteiger partial charge in [-0.15, -0.1) is 16.5 Å². The van der Waals surface area contributed by atoms with E-state index in [1.54, 1.807) is 11.8 Å². The Bertz CT molecular complexity index is 623. The third-order valence-corrected chi connectivity index (χ3v) is 6.22. The Morgan fingerprint density at radius 3 is 2.43 bits per heavy atom. The molecule has 4 nitrogen and oxygen atoms in total. The van der Waals surface area contributed by atoms with Crippen LogP contribution in [0.1, 0.15) is 51.8 Å². The molecule has 128 valence electrons. The van der Waals surface area contributed by atoms with Gasteiger partial charge >= 0.3 is 0 Å². The van der Waals surface area contributed by atoms with E-state index in [0.29, 0.717) is 0 Å². The molecule has 0 saturated carbocycles. The molecule has 6 heteroatoms. The summed E-state index contributed by atoms with van der Waals surface area (Å²) in [6.45, 7) is 12.2. The first-order valence-corrected chi connectivity index (χ1v) is 10.1. The molecule has 1 aromatic rings. The lowest BCUT2D eigenvalue weighted by Gasteiger charge is -2.30. The molecular formula is C17H27N3OS2. The number of allylic oxidation sites excluding steroid dienone is 1. The van der Waals surface area contributed by atoms with Crippen molar-refractivity contribution in [1.82, 2.24) is 4.72 Å². The normalized spacial score (nSPS) is 17.2. The number of aryl methyl sites for hydroxylation is 1. The highest BCUT2D eigenvalue weighted by Gasteiger charge is 2.30. The summed E-state index contributed by atoms with van der Waals surface area (Å²) in [4.78, 5) is 0. The molecule has 0 spiro atoms. The van der Waals surface area contributed by atoms with Crippen molar-refractivity contribution in [2.45, 2.75) is 52.3 Å². The first-order valence-electron chi connectivity index (χ1n) is 7.75. The highest BCUT2D eigenvalue weighted by Crippen LogP contribution is 2.39. The number of fused-ring (bicyclic) bond motifs is 1. The van der Waals surface area contributed by atoms with Crippen LogP contribution in [0.4, 0.5) is 11.4 Å². The zero-order valence-corrected chi connectivity index (χ0v) is 16.6. The van der Waals surface area contributed by atoms with Crippen molar-refractivity contribution in [3.05, 3.63) is 34.0 Å². The van der Waals surface area contributed by atoms with Crippen molar-refractivity contribution in [2.75, 3.05) is 16.9 Å². The van der Waals surface area contributed by atoms with E-state index >= 15 is 0 Å². The molecule has 1 aromatic carbocycles. The van der Waals surface area contributed by atoms with Gasteiger partial charge in [0.1, 0.15) is 4.75 Å². The van der Waals surface area contributed by atoms with E-state index in [4.69, 9.17) is 0 Å². The smallest absolute Gasteiger partial charge is 0.136 e.